The third kappa shape index (κ3) is 5.56. The summed E-state index contributed by atoms with van der Waals surface area (Å²) in [6.07, 6.45) is 0. The molecule has 0 saturated carbocycles. The van der Waals surface area contributed by atoms with Gasteiger partial charge in [0, 0.05) is 17.6 Å². The zero-order valence-corrected chi connectivity index (χ0v) is 12.3. The molecular weight excluding hydrogens is 290 g/mol. The molecule has 0 spiro atoms. The summed E-state index contributed by atoms with van der Waals surface area (Å²) in [4.78, 5) is 11.0. The van der Waals surface area contributed by atoms with E-state index >= 15 is 0 Å². The van der Waals surface area contributed by atoms with Gasteiger partial charge in [-0.05, 0) is 32.0 Å². The molecule has 1 amide bonds. The van der Waals surface area contributed by atoms with E-state index in [1.807, 2.05) is 0 Å². The van der Waals surface area contributed by atoms with Crippen molar-refractivity contribution in [2.45, 2.75) is 24.3 Å². The van der Waals surface area contributed by atoms with Crippen LogP contribution < -0.4 is 16.2 Å². The molecule has 0 aliphatic carbocycles. The molecule has 0 aliphatic heterocycles. The third-order valence-corrected chi connectivity index (χ3v) is 3.55. The van der Waals surface area contributed by atoms with Crippen LogP contribution in [0.5, 0.6) is 0 Å². The van der Waals surface area contributed by atoms with E-state index in [9.17, 15) is 13.2 Å². The van der Waals surface area contributed by atoms with E-state index in [1.54, 1.807) is 13.8 Å². The fourth-order valence-electron chi connectivity index (χ4n) is 1.18. The molecular formula is C11H18ClN3O3S. The van der Waals surface area contributed by atoms with E-state index in [0.717, 1.165) is 0 Å². The number of hydrogen-bond donors (Lipinski definition) is 3. The van der Waals surface area contributed by atoms with Crippen molar-refractivity contribution in [1.82, 2.24) is 4.72 Å². The number of nitrogens with one attached hydrogen (secondary N) is 1. The highest BCUT2D eigenvalue weighted by Crippen LogP contribution is 2.11. The quantitative estimate of drug-likeness (QED) is 0.721. The average Bonchev–Trinajstić information content (AvgIpc) is 2.26. The maximum atomic E-state index is 11.9. The van der Waals surface area contributed by atoms with Gasteiger partial charge in [-0.2, -0.15) is 0 Å². The van der Waals surface area contributed by atoms with Crippen LogP contribution in [0.3, 0.4) is 0 Å². The number of nitrogens with two attached hydrogens (primary N) is 2. The molecule has 108 valence electrons. The van der Waals surface area contributed by atoms with E-state index < -0.39 is 21.5 Å². The molecule has 0 bridgehead atoms. The minimum atomic E-state index is -3.69. The molecule has 0 aromatic heterocycles. The molecule has 5 N–H and O–H groups in total. The highest BCUT2D eigenvalue weighted by Gasteiger charge is 2.19. The summed E-state index contributed by atoms with van der Waals surface area (Å²) in [5.41, 5.74) is 10.3. The fourth-order valence-corrected chi connectivity index (χ4v) is 2.45. The normalized spacial score (nSPS) is 11.7. The number of sulfonamides is 1. The van der Waals surface area contributed by atoms with E-state index in [4.69, 9.17) is 11.5 Å². The third-order valence-electron chi connectivity index (χ3n) is 2.15. The minimum Gasteiger partial charge on any atom is -0.366 e. The topological polar surface area (TPSA) is 115 Å². The van der Waals surface area contributed by atoms with Crippen molar-refractivity contribution in [3.63, 3.8) is 0 Å². The maximum Gasteiger partial charge on any atom is 0.248 e. The van der Waals surface area contributed by atoms with E-state index in [2.05, 4.69) is 4.72 Å². The Bertz CT molecular complexity index is 553. The van der Waals surface area contributed by atoms with Crippen molar-refractivity contribution >= 4 is 28.3 Å². The van der Waals surface area contributed by atoms with E-state index in [1.165, 1.54) is 24.3 Å². The summed E-state index contributed by atoms with van der Waals surface area (Å²) < 4.78 is 26.2. The van der Waals surface area contributed by atoms with Gasteiger partial charge >= 0.3 is 0 Å². The molecule has 8 heteroatoms. The molecule has 1 aromatic carbocycles. The maximum absolute atomic E-state index is 11.9. The Kier molecular flexibility index (Phi) is 5.95. The van der Waals surface area contributed by atoms with Gasteiger partial charge in [0.05, 0.1) is 4.90 Å². The van der Waals surface area contributed by atoms with Gasteiger partial charge in [0.2, 0.25) is 15.9 Å². The van der Waals surface area contributed by atoms with Gasteiger partial charge in [-0.3, -0.25) is 4.79 Å². The lowest BCUT2D eigenvalue weighted by molar-refractivity contribution is 0.1000. The Morgan fingerprint density at radius 2 is 1.95 bits per heavy atom. The van der Waals surface area contributed by atoms with Crippen molar-refractivity contribution in [1.29, 1.82) is 0 Å². The van der Waals surface area contributed by atoms with Gasteiger partial charge in [0.1, 0.15) is 0 Å². The van der Waals surface area contributed by atoms with Gasteiger partial charge in [0.15, 0.2) is 0 Å². The van der Waals surface area contributed by atoms with Gasteiger partial charge in [-0.1, -0.05) is 6.07 Å². The Hall–Kier alpha value is -1.15. The van der Waals surface area contributed by atoms with Crippen molar-refractivity contribution in [3.8, 4) is 0 Å². The summed E-state index contributed by atoms with van der Waals surface area (Å²) in [5, 5.41) is 0. The summed E-state index contributed by atoms with van der Waals surface area (Å²) >= 11 is 0. The lowest BCUT2D eigenvalue weighted by atomic mass is 10.1. The molecule has 19 heavy (non-hydrogen) atoms. The van der Waals surface area contributed by atoms with Crippen LogP contribution in [0.2, 0.25) is 0 Å². The number of carbonyl (C=O) groups excluding carboxylic acids is 1. The SMILES string of the molecule is CC(C)(N)CNS(=O)(=O)c1cccc(C(N)=O)c1.Cl. The Balaban J connectivity index is 0.00000324. The van der Waals surface area contributed by atoms with Crippen LogP contribution in [0.4, 0.5) is 0 Å². The van der Waals surface area contributed by atoms with Crippen LogP contribution in [0.25, 0.3) is 0 Å². The molecule has 0 fully saturated rings. The van der Waals surface area contributed by atoms with Crippen LogP contribution in [0, 0.1) is 0 Å². The first-order valence-electron chi connectivity index (χ1n) is 5.30. The number of rotatable bonds is 5. The molecule has 1 rings (SSSR count). The Morgan fingerprint density at radius 1 is 1.37 bits per heavy atom. The number of benzene rings is 1. The number of halogens is 1. The van der Waals surface area contributed by atoms with Gasteiger partial charge < -0.3 is 11.5 Å². The first-order chi connectivity index (χ1) is 8.12. The average molecular weight is 308 g/mol. The van der Waals surface area contributed by atoms with Gasteiger partial charge in [-0.15, -0.1) is 12.4 Å². The largest absolute Gasteiger partial charge is 0.366 e. The summed E-state index contributed by atoms with van der Waals surface area (Å²) in [6.45, 7) is 3.50. The van der Waals surface area contributed by atoms with Crippen LogP contribution >= 0.6 is 12.4 Å². The van der Waals surface area contributed by atoms with Crippen LogP contribution in [-0.2, 0) is 10.0 Å². The fraction of sp³-hybridized carbons (Fsp3) is 0.364. The second-order valence-corrected chi connectivity index (χ2v) is 6.47. The molecule has 1 aromatic rings. The summed E-state index contributed by atoms with van der Waals surface area (Å²) in [7, 11) is -3.69. The van der Waals surface area contributed by atoms with Crippen LogP contribution in [0.15, 0.2) is 29.2 Å². The predicted octanol–water partition coefficient (Wildman–Crippen LogP) is 0.223. The molecule has 0 radical (unpaired) electrons. The zero-order chi connectivity index (χ0) is 14.0. The number of hydrogen-bond acceptors (Lipinski definition) is 4. The van der Waals surface area contributed by atoms with Gasteiger partial charge in [0.25, 0.3) is 0 Å². The first kappa shape index (κ1) is 17.8. The van der Waals surface area contributed by atoms with Crippen molar-refractivity contribution in [2.75, 3.05) is 6.54 Å². The minimum absolute atomic E-state index is 0. The molecule has 6 nitrogen and oxygen atoms in total. The molecule has 0 unspecified atom stereocenters. The summed E-state index contributed by atoms with van der Waals surface area (Å²) in [6, 6.07) is 5.53. The van der Waals surface area contributed by atoms with Gasteiger partial charge in [-0.25, -0.2) is 13.1 Å². The first-order valence-corrected chi connectivity index (χ1v) is 6.78. The monoisotopic (exact) mass is 307 g/mol. The Morgan fingerprint density at radius 3 is 2.42 bits per heavy atom. The second kappa shape index (κ2) is 6.33. The predicted molar refractivity (Wildman–Crippen MR) is 75.7 cm³/mol. The second-order valence-electron chi connectivity index (χ2n) is 4.71. The standard InChI is InChI=1S/C11H17N3O3S.ClH/c1-11(2,13)7-14-18(16,17)9-5-3-4-8(6-9)10(12)15;/h3-6,14H,7,13H2,1-2H3,(H2,12,15);1H. The number of primary amides is 1. The van der Waals surface area contributed by atoms with E-state index in [-0.39, 0.29) is 29.4 Å². The molecule has 0 heterocycles. The number of amides is 1. The highest BCUT2D eigenvalue weighted by atomic mass is 35.5. The molecule has 0 atom stereocenters. The van der Waals surface area contributed by atoms with Crippen molar-refractivity contribution in [2.24, 2.45) is 11.5 Å². The lowest BCUT2D eigenvalue weighted by Crippen LogP contribution is -2.45. The highest BCUT2D eigenvalue weighted by molar-refractivity contribution is 7.89. The number of carbonyl (C=O) groups is 1. The zero-order valence-electron chi connectivity index (χ0n) is 10.7. The van der Waals surface area contributed by atoms with Crippen LogP contribution in [-0.4, -0.2) is 26.4 Å². The molecule has 0 aliphatic rings. The Labute approximate surface area is 119 Å². The van der Waals surface area contributed by atoms with Crippen molar-refractivity contribution < 1.29 is 13.2 Å². The summed E-state index contributed by atoms with van der Waals surface area (Å²) in [5.74, 6) is -0.675. The van der Waals surface area contributed by atoms with Crippen molar-refractivity contribution in [3.05, 3.63) is 29.8 Å². The lowest BCUT2D eigenvalue weighted by Gasteiger charge is -2.19. The van der Waals surface area contributed by atoms with E-state index in [0.29, 0.717) is 0 Å². The van der Waals surface area contributed by atoms with Crippen LogP contribution in [0.1, 0.15) is 24.2 Å². The smallest absolute Gasteiger partial charge is 0.248 e. The molecule has 0 saturated heterocycles.